The Hall–Kier alpha value is -4.38. The van der Waals surface area contributed by atoms with Gasteiger partial charge >= 0.3 is 11.9 Å². The van der Waals surface area contributed by atoms with Crippen molar-refractivity contribution in [3.8, 4) is 28.5 Å². The van der Waals surface area contributed by atoms with Crippen LogP contribution in [0.25, 0.3) is 22.8 Å². The van der Waals surface area contributed by atoms with Gasteiger partial charge in [0, 0.05) is 44.0 Å². The Morgan fingerprint density at radius 2 is 1.35 bits per heavy atom. The molecule has 11 heteroatoms. The van der Waals surface area contributed by atoms with E-state index in [-0.39, 0.29) is 45.3 Å². The highest BCUT2D eigenvalue weighted by Crippen LogP contribution is 2.28. The molecule has 1 amide bonds. The first-order chi connectivity index (χ1) is 21.7. The average molecular weight is 635 g/mol. The molecule has 0 aromatic carbocycles. The highest BCUT2D eigenvalue weighted by atomic mass is 16.6. The quantitative estimate of drug-likeness (QED) is 0.163. The molecule has 1 atom stereocenters. The molecule has 0 bridgehead atoms. The van der Waals surface area contributed by atoms with Crippen LogP contribution in [0.15, 0.2) is 60.9 Å². The number of rotatable bonds is 15. The van der Waals surface area contributed by atoms with Gasteiger partial charge in [-0.1, -0.05) is 12.1 Å². The van der Waals surface area contributed by atoms with E-state index in [0.717, 1.165) is 0 Å². The van der Waals surface area contributed by atoms with Crippen molar-refractivity contribution >= 4 is 17.8 Å². The van der Waals surface area contributed by atoms with E-state index >= 15 is 0 Å². The molecule has 0 aliphatic heterocycles. The van der Waals surface area contributed by atoms with E-state index in [1.165, 1.54) is 0 Å². The van der Waals surface area contributed by atoms with Crippen molar-refractivity contribution in [2.45, 2.75) is 96.8 Å². The second-order valence-corrected chi connectivity index (χ2v) is 13.0. The summed E-state index contributed by atoms with van der Waals surface area (Å²) in [6, 6.07) is 14.7. The average Bonchev–Trinajstić information content (AvgIpc) is 3.00. The lowest BCUT2D eigenvalue weighted by molar-refractivity contribution is -0.167. The van der Waals surface area contributed by atoms with Crippen molar-refractivity contribution in [3.05, 3.63) is 60.9 Å². The van der Waals surface area contributed by atoms with Gasteiger partial charge in [0.25, 0.3) is 0 Å². The predicted octanol–water partition coefficient (Wildman–Crippen LogP) is 5.46. The molecule has 248 valence electrons. The molecule has 2 N–H and O–H groups in total. The normalized spacial score (nSPS) is 12.9. The Morgan fingerprint density at radius 3 is 1.85 bits per heavy atom. The van der Waals surface area contributed by atoms with Crippen molar-refractivity contribution in [2.75, 3.05) is 13.2 Å². The number of pyridine rings is 3. The molecule has 0 saturated heterocycles. The Balaban J connectivity index is 1.73. The highest BCUT2D eigenvalue weighted by molar-refractivity contribution is 5.89. The molecule has 0 radical (unpaired) electrons. The van der Waals surface area contributed by atoms with Gasteiger partial charge < -0.3 is 24.6 Å². The molecule has 3 aromatic rings. The van der Waals surface area contributed by atoms with Crippen molar-refractivity contribution in [3.63, 3.8) is 0 Å². The van der Waals surface area contributed by atoms with Crippen molar-refractivity contribution in [1.82, 2.24) is 20.3 Å². The summed E-state index contributed by atoms with van der Waals surface area (Å²) >= 11 is 0. The zero-order valence-electron chi connectivity index (χ0n) is 27.7. The molecule has 3 rings (SSSR count). The number of esters is 2. The number of nitrogens with zero attached hydrogens (tertiary/aromatic N) is 3. The van der Waals surface area contributed by atoms with Gasteiger partial charge in [0.2, 0.25) is 5.91 Å². The third kappa shape index (κ3) is 11.8. The number of carbonyl (C=O) groups excluding carboxylic acids is 3. The first kappa shape index (κ1) is 36.1. The van der Waals surface area contributed by atoms with Crippen LogP contribution in [0.2, 0.25) is 0 Å². The minimum absolute atomic E-state index is 0.0390. The Bertz CT molecular complexity index is 1380. The third-order valence-corrected chi connectivity index (χ3v) is 6.58. The Morgan fingerprint density at radius 1 is 0.761 bits per heavy atom. The second kappa shape index (κ2) is 16.3. The van der Waals surface area contributed by atoms with Gasteiger partial charge in [-0.3, -0.25) is 19.6 Å². The van der Waals surface area contributed by atoms with Gasteiger partial charge in [0.15, 0.2) is 0 Å². The van der Waals surface area contributed by atoms with E-state index in [1.807, 2.05) is 36.4 Å². The summed E-state index contributed by atoms with van der Waals surface area (Å²) in [5.41, 5.74) is -0.468. The molecule has 3 aromatic heterocycles. The largest absolute Gasteiger partial charge is 0.493 e. The zero-order valence-corrected chi connectivity index (χ0v) is 27.7. The first-order valence-electron chi connectivity index (χ1n) is 15.5. The van der Waals surface area contributed by atoms with Crippen LogP contribution in [0.3, 0.4) is 0 Å². The number of aliphatic hydroxyl groups is 1. The maximum absolute atomic E-state index is 13.5. The fourth-order valence-electron chi connectivity index (χ4n) is 4.60. The number of aliphatic hydroxyl groups excluding tert-OH is 1. The van der Waals surface area contributed by atoms with Gasteiger partial charge in [0.05, 0.1) is 29.4 Å². The molecule has 0 saturated carbocycles. The molecule has 3 heterocycles. The van der Waals surface area contributed by atoms with Crippen LogP contribution < -0.4 is 10.1 Å². The Kier molecular flexibility index (Phi) is 12.8. The standard InChI is InChI=1S/C35H46N4O7/c1-33(2,3)45-31(42)16-18-35(17-12-21-40,32(43)46-34(4,5)6)39-30(41)15-11-22-44-25-23-28(26-13-7-9-19-36-26)38-29(24-25)27-14-8-10-20-37-27/h7-10,13-14,19-20,23-24,40H,11-12,15-18,21-22H2,1-6H3,(H,39,41). The molecule has 0 spiro atoms. The minimum atomic E-state index is -1.52. The monoisotopic (exact) mass is 634 g/mol. The zero-order chi connectivity index (χ0) is 33.8. The summed E-state index contributed by atoms with van der Waals surface area (Å²) in [7, 11) is 0. The smallest absolute Gasteiger partial charge is 0.332 e. The molecular weight excluding hydrogens is 588 g/mol. The van der Waals surface area contributed by atoms with Crippen LogP contribution in [0.5, 0.6) is 5.75 Å². The van der Waals surface area contributed by atoms with Crippen molar-refractivity contribution in [1.29, 1.82) is 0 Å². The van der Waals surface area contributed by atoms with Crippen LogP contribution in [0.1, 0.15) is 80.1 Å². The summed E-state index contributed by atoms with van der Waals surface area (Å²) in [5.74, 6) is -1.03. The summed E-state index contributed by atoms with van der Waals surface area (Å²) < 4.78 is 17.2. The molecular formula is C35H46N4O7. The van der Waals surface area contributed by atoms with E-state index in [0.29, 0.717) is 34.9 Å². The SMILES string of the molecule is CC(C)(C)OC(=O)CCC(CCCO)(NC(=O)CCCOc1cc(-c2ccccn2)nc(-c2ccccn2)c1)C(=O)OC(C)(C)C. The van der Waals surface area contributed by atoms with Gasteiger partial charge in [-0.25, -0.2) is 9.78 Å². The maximum atomic E-state index is 13.5. The van der Waals surface area contributed by atoms with Crippen LogP contribution in [0, 0.1) is 0 Å². The van der Waals surface area contributed by atoms with E-state index in [2.05, 4.69) is 15.3 Å². The van der Waals surface area contributed by atoms with E-state index in [9.17, 15) is 19.5 Å². The predicted molar refractivity (Wildman–Crippen MR) is 174 cm³/mol. The van der Waals surface area contributed by atoms with Crippen LogP contribution in [-0.4, -0.2) is 67.9 Å². The van der Waals surface area contributed by atoms with Crippen molar-refractivity contribution in [2.24, 2.45) is 0 Å². The second-order valence-electron chi connectivity index (χ2n) is 13.0. The summed E-state index contributed by atoms with van der Waals surface area (Å²) in [5, 5.41) is 12.4. The molecule has 46 heavy (non-hydrogen) atoms. The molecule has 1 unspecified atom stereocenters. The summed E-state index contributed by atoms with van der Waals surface area (Å²) in [4.78, 5) is 52.9. The first-order valence-corrected chi connectivity index (χ1v) is 15.5. The minimum Gasteiger partial charge on any atom is -0.493 e. The Labute approximate surface area is 271 Å². The van der Waals surface area contributed by atoms with Crippen LogP contribution in [-0.2, 0) is 23.9 Å². The van der Waals surface area contributed by atoms with E-state index < -0.39 is 34.6 Å². The number of hydrogen-bond acceptors (Lipinski definition) is 10. The number of carbonyl (C=O) groups is 3. The topological polar surface area (TPSA) is 150 Å². The molecule has 0 fully saturated rings. The van der Waals surface area contributed by atoms with E-state index in [1.54, 1.807) is 66.1 Å². The van der Waals surface area contributed by atoms with Gasteiger partial charge in [0.1, 0.15) is 22.5 Å². The van der Waals surface area contributed by atoms with Gasteiger partial charge in [-0.15, -0.1) is 0 Å². The lowest BCUT2D eigenvalue weighted by Gasteiger charge is -2.35. The van der Waals surface area contributed by atoms with Gasteiger partial charge in [-0.05, 0) is 91.5 Å². The van der Waals surface area contributed by atoms with Crippen molar-refractivity contribution < 1.29 is 33.7 Å². The number of amides is 1. The lowest BCUT2D eigenvalue weighted by Crippen LogP contribution is -2.57. The third-order valence-electron chi connectivity index (χ3n) is 6.58. The van der Waals surface area contributed by atoms with E-state index in [4.69, 9.17) is 19.2 Å². The molecule has 0 aliphatic rings. The summed E-state index contributed by atoms with van der Waals surface area (Å²) in [6.07, 6.45) is 3.91. The highest BCUT2D eigenvalue weighted by Gasteiger charge is 2.43. The van der Waals surface area contributed by atoms with Crippen LogP contribution in [0.4, 0.5) is 0 Å². The number of hydrogen-bond donors (Lipinski definition) is 2. The summed E-state index contributed by atoms with van der Waals surface area (Å²) in [6.45, 7) is 10.5. The lowest BCUT2D eigenvalue weighted by atomic mass is 9.87. The van der Waals surface area contributed by atoms with Crippen LogP contribution >= 0.6 is 0 Å². The number of nitrogens with one attached hydrogen (secondary N) is 1. The number of aromatic nitrogens is 3. The maximum Gasteiger partial charge on any atom is 0.332 e. The molecule has 11 nitrogen and oxygen atoms in total. The fourth-order valence-corrected chi connectivity index (χ4v) is 4.60. The fraction of sp³-hybridized carbons (Fsp3) is 0.486. The number of ether oxygens (including phenoxy) is 3. The van der Waals surface area contributed by atoms with Gasteiger partial charge in [-0.2, -0.15) is 0 Å². The molecule has 0 aliphatic carbocycles.